The van der Waals surface area contributed by atoms with Crippen LogP contribution in [0.4, 0.5) is 0 Å². The van der Waals surface area contributed by atoms with Gasteiger partial charge in [0, 0.05) is 6.92 Å². The van der Waals surface area contributed by atoms with Crippen LogP contribution in [0, 0.1) is 12.3 Å². The Morgan fingerprint density at radius 2 is 2.40 bits per heavy atom. The fourth-order valence-electron chi connectivity index (χ4n) is 0.544. The SMILES string of the molecule is Cc1onc(C(=N)N)c1O. The number of hydrogen-bond donors (Lipinski definition) is 3. The molecular weight excluding hydrogens is 134 g/mol. The van der Waals surface area contributed by atoms with Crippen LogP contribution in [0.5, 0.6) is 5.75 Å². The van der Waals surface area contributed by atoms with Crippen LogP contribution in [0.15, 0.2) is 4.52 Å². The van der Waals surface area contributed by atoms with Crippen molar-refractivity contribution in [1.82, 2.24) is 5.16 Å². The molecule has 10 heavy (non-hydrogen) atoms. The van der Waals surface area contributed by atoms with Crippen molar-refractivity contribution in [2.45, 2.75) is 6.92 Å². The van der Waals surface area contributed by atoms with Gasteiger partial charge in [0.25, 0.3) is 0 Å². The molecule has 0 amide bonds. The molecule has 0 aromatic carbocycles. The van der Waals surface area contributed by atoms with Gasteiger partial charge in [-0.15, -0.1) is 0 Å². The summed E-state index contributed by atoms with van der Waals surface area (Å²) >= 11 is 0. The maximum Gasteiger partial charge on any atom is 0.190 e. The average Bonchev–Trinajstić information content (AvgIpc) is 2.14. The molecule has 1 aromatic heterocycles. The van der Waals surface area contributed by atoms with E-state index in [2.05, 4.69) is 9.68 Å². The van der Waals surface area contributed by atoms with Gasteiger partial charge in [-0.25, -0.2) is 0 Å². The summed E-state index contributed by atoms with van der Waals surface area (Å²) in [5, 5.41) is 19.3. The summed E-state index contributed by atoms with van der Waals surface area (Å²) in [6.07, 6.45) is 0. The number of nitrogens with zero attached hydrogens (tertiary/aromatic N) is 1. The third-order valence-electron chi connectivity index (χ3n) is 1.09. The molecule has 5 nitrogen and oxygen atoms in total. The minimum atomic E-state index is -0.297. The molecule has 0 aliphatic rings. The maximum absolute atomic E-state index is 9.03. The Labute approximate surface area is 56.9 Å². The number of aromatic nitrogens is 1. The normalized spacial score (nSPS) is 9.70. The predicted molar refractivity (Wildman–Crippen MR) is 33.9 cm³/mol. The summed E-state index contributed by atoms with van der Waals surface area (Å²) in [5.74, 6) is -0.188. The van der Waals surface area contributed by atoms with Crippen LogP contribution in [0.1, 0.15) is 11.5 Å². The molecule has 0 bridgehead atoms. The van der Waals surface area contributed by atoms with E-state index in [0.717, 1.165) is 0 Å². The van der Waals surface area contributed by atoms with Crippen molar-refractivity contribution in [3.63, 3.8) is 0 Å². The van der Waals surface area contributed by atoms with E-state index in [0.29, 0.717) is 0 Å². The molecule has 0 unspecified atom stereocenters. The zero-order valence-corrected chi connectivity index (χ0v) is 5.38. The number of rotatable bonds is 1. The van der Waals surface area contributed by atoms with Gasteiger partial charge in [-0.2, -0.15) is 0 Å². The van der Waals surface area contributed by atoms with E-state index in [1.807, 2.05) is 0 Å². The van der Waals surface area contributed by atoms with E-state index in [9.17, 15) is 0 Å². The van der Waals surface area contributed by atoms with Crippen molar-refractivity contribution >= 4 is 5.84 Å². The molecule has 5 heteroatoms. The lowest BCUT2D eigenvalue weighted by atomic mass is 10.3. The Morgan fingerprint density at radius 3 is 2.60 bits per heavy atom. The van der Waals surface area contributed by atoms with Gasteiger partial charge in [0.15, 0.2) is 17.2 Å². The second-order valence-corrected chi connectivity index (χ2v) is 1.85. The Bertz CT molecular complexity index is 266. The first-order valence-corrected chi connectivity index (χ1v) is 2.62. The van der Waals surface area contributed by atoms with Gasteiger partial charge in [-0.3, -0.25) is 5.41 Å². The van der Waals surface area contributed by atoms with Gasteiger partial charge in [0.1, 0.15) is 5.84 Å². The lowest BCUT2D eigenvalue weighted by molar-refractivity contribution is 0.383. The first-order chi connectivity index (χ1) is 4.63. The minimum Gasteiger partial charge on any atom is -0.503 e. The lowest BCUT2D eigenvalue weighted by Gasteiger charge is -1.88. The summed E-state index contributed by atoms with van der Waals surface area (Å²) in [6.45, 7) is 1.54. The molecule has 0 aliphatic carbocycles. The molecular formula is C5H7N3O2. The van der Waals surface area contributed by atoms with Crippen molar-refractivity contribution in [3.05, 3.63) is 11.5 Å². The highest BCUT2D eigenvalue weighted by Crippen LogP contribution is 2.19. The van der Waals surface area contributed by atoms with Crippen molar-refractivity contribution in [1.29, 1.82) is 5.41 Å². The minimum absolute atomic E-state index is 0.00231. The lowest BCUT2D eigenvalue weighted by Crippen LogP contribution is -2.11. The molecule has 0 spiro atoms. The van der Waals surface area contributed by atoms with Gasteiger partial charge >= 0.3 is 0 Å². The first-order valence-electron chi connectivity index (χ1n) is 2.62. The number of nitrogens with one attached hydrogen (secondary N) is 1. The number of hydrogen-bond acceptors (Lipinski definition) is 4. The largest absolute Gasteiger partial charge is 0.503 e. The molecule has 54 valence electrons. The van der Waals surface area contributed by atoms with E-state index in [-0.39, 0.29) is 23.0 Å². The molecule has 0 atom stereocenters. The number of nitrogens with two attached hydrogens (primary N) is 1. The van der Waals surface area contributed by atoms with Gasteiger partial charge in [0.2, 0.25) is 0 Å². The molecule has 1 heterocycles. The van der Waals surface area contributed by atoms with Crippen molar-refractivity contribution < 1.29 is 9.63 Å². The Hall–Kier alpha value is -1.52. The fourth-order valence-corrected chi connectivity index (χ4v) is 0.544. The standard InChI is InChI=1S/C5H7N3O2/c1-2-4(9)3(5(6)7)8-10-2/h9H,1H3,(H3,6,7). The van der Waals surface area contributed by atoms with E-state index < -0.39 is 0 Å². The summed E-state index contributed by atoms with van der Waals surface area (Å²) < 4.78 is 4.54. The fraction of sp³-hybridized carbons (Fsp3) is 0.200. The molecule has 4 N–H and O–H groups in total. The molecule has 1 rings (SSSR count). The summed E-state index contributed by atoms with van der Waals surface area (Å²) in [4.78, 5) is 0. The third-order valence-corrected chi connectivity index (χ3v) is 1.09. The van der Waals surface area contributed by atoms with E-state index in [1.165, 1.54) is 6.92 Å². The highest BCUT2D eigenvalue weighted by atomic mass is 16.5. The highest BCUT2D eigenvalue weighted by Gasteiger charge is 2.12. The monoisotopic (exact) mass is 141 g/mol. The summed E-state index contributed by atoms with van der Waals surface area (Å²) in [6, 6.07) is 0. The second-order valence-electron chi connectivity index (χ2n) is 1.85. The zero-order valence-electron chi connectivity index (χ0n) is 5.38. The Morgan fingerprint density at radius 1 is 1.80 bits per heavy atom. The topological polar surface area (TPSA) is 96.1 Å². The average molecular weight is 141 g/mol. The van der Waals surface area contributed by atoms with Gasteiger partial charge in [0.05, 0.1) is 0 Å². The number of amidine groups is 1. The van der Waals surface area contributed by atoms with E-state index >= 15 is 0 Å². The van der Waals surface area contributed by atoms with Crippen LogP contribution in [0.2, 0.25) is 0 Å². The van der Waals surface area contributed by atoms with E-state index in [1.54, 1.807) is 0 Å². The number of aryl methyl sites for hydroxylation is 1. The van der Waals surface area contributed by atoms with Crippen LogP contribution in [-0.4, -0.2) is 16.1 Å². The van der Waals surface area contributed by atoms with Crippen LogP contribution in [0.25, 0.3) is 0 Å². The Balaban J connectivity index is 3.17. The van der Waals surface area contributed by atoms with Crippen LogP contribution >= 0.6 is 0 Å². The molecule has 0 radical (unpaired) electrons. The zero-order chi connectivity index (χ0) is 7.72. The van der Waals surface area contributed by atoms with Crippen LogP contribution in [-0.2, 0) is 0 Å². The van der Waals surface area contributed by atoms with Crippen LogP contribution in [0.3, 0.4) is 0 Å². The molecule has 0 aliphatic heterocycles. The van der Waals surface area contributed by atoms with E-state index in [4.69, 9.17) is 16.2 Å². The summed E-state index contributed by atoms with van der Waals surface area (Å²) in [5.41, 5.74) is 5.03. The quantitative estimate of drug-likeness (QED) is 0.378. The maximum atomic E-state index is 9.03. The molecule has 1 aromatic rings. The van der Waals surface area contributed by atoms with Crippen molar-refractivity contribution in [3.8, 4) is 5.75 Å². The van der Waals surface area contributed by atoms with Gasteiger partial charge in [-0.1, -0.05) is 5.16 Å². The molecule has 0 saturated heterocycles. The van der Waals surface area contributed by atoms with Crippen LogP contribution < -0.4 is 5.73 Å². The Kier molecular flexibility index (Phi) is 1.33. The van der Waals surface area contributed by atoms with Crippen molar-refractivity contribution in [2.75, 3.05) is 0 Å². The van der Waals surface area contributed by atoms with Gasteiger partial charge in [-0.05, 0) is 0 Å². The van der Waals surface area contributed by atoms with Crippen molar-refractivity contribution in [2.24, 2.45) is 5.73 Å². The third kappa shape index (κ3) is 0.812. The van der Waals surface area contributed by atoms with Gasteiger partial charge < -0.3 is 15.4 Å². The second kappa shape index (κ2) is 2.02. The number of nitrogen functional groups attached to an aromatic ring is 1. The first kappa shape index (κ1) is 6.60. The molecule has 0 saturated carbocycles. The molecule has 0 fully saturated rings. The number of aromatic hydroxyl groups is 1. The predicted octanol–water partition coefficient (Wildman–Crippen LogP) is -0.0273. The highest BCUT2D eigenvalue weighted by molar-refractivity contribution is 5.95. The smallest absolute Gasteiger partial charge is 0.190 e. The summed E-state index contributed by atoms with van der Waals surface area (Å²) in [7, 11) is 0.